The summed E-state index contributed by atoms with van der Waals surface area (Å²) in [5, 5.41) is 0. The summed E-state index contributed by atoms with van der Waals surface area (Å²) in [5.41, 5.74) is 7.84. The molecule has 2 N–H and O–H groups in total. The van der Waals surface area contributed by atoms with Gasteiger partial charge < -0.3 is 15.2 Å². The molecule has 3 heteroatoms. The van der Waals surface area contributed by atoms with Crippen molar-refractivity contribution in [2.45, 2.75) is 26.5 Å². The van der Waals surface area contributed by atoms with Gasteiger partial charge in [0, 0.05) is 13.2 Å². The van der Waals surface area contributed by atoms with Gasteiger partial charge in [-0.3, -0.25) is 0 Å². The number of ether oxygens (including phenoxy) is 2. The molecule has 0 heterocycles. The Bertz CT molecular complexity index is 272. The van der Waals surface area contributed by atoms with E-state index in [0.29, 0.717) is 26.4 Å². The molecule has 0 amide bonds. The summed E-state index contributed by atoms with van der Waals surface area (Å²) in [4.78, 5) is 0. The Labute approximate surface area is 97.6 Å². The van der Waals surface area contributed by atoms with E-state index in [0.717, 1.165) is 18.6 Å². The topological polar surface area (TPSA) is 44.5 Å². The quantitative estimate of drug-likeness (QED) is 0.686. The third-order valence-corrected chi connectivity index (χ3v) is 2.25. The van der Waals surface area contributed by atoms with Crippen molar-refractivity contribution >= 4 is 0 Å². The SMILES string of the molecule is CCCOCCOCc1ccc(CN)cc1. The smallest absolute Gasteiger partial charge is 0.0718 e. The molecule has 0 aliphatic rings. The van der Waals surface area contributed by atoms with Crippen molar-refractivity contribution in [1.82, 2.24) is 0 Å². The minimum atomic E-state index is 0.589. The third kappa shape index (κ3) is 5.26. The molecule has 0 saturated heterocycles. The van der Waals surface area contributed by atoms with Crippen molar-refractivity contribution in [3.8, 4) is 0 Å². The van der Waals surface area contributed by atoms with Gasteiger partial charge in [0.1, 0.15) is 0 Å². The van der Waals surface area contributed by atoms with Crippen LogP contribution in [0.3, 0.4) is 0 Å². The molecule has 0 atom stereocenters. The van der Waals surface area contributed by atoms with Gasteiger partial charge >= 0.3 is 0 Å². The maximum atomic E-state index is 5.52. The molecule has 1 aromatic carbocycles. The van der Waals surface area contributed by atoms with Crippen molar-refractivity contribution in [3.05, 3.63) is 35.4 Å². The molecule has 0 spiro atoms. The van der Waals surface area contributed by atoms with Crippen LogP contribution in [0.25, 0.3) is 0 Å². The van der Waals surface area contributed by atoms with Crippen LogP contribution in [0, 0.1) is 0 Å². The Balaban J connectivity index is 2.12. The predicted octanol–water partition coefficient (Wildman–Crippen LogP) is 2.09. The van der Waals surface area contributed by atoms with Crippen molar-refractivity contribution in [1.29, 1.82) is 0 Å². The molecule has 0 saturated carbocycles. The lowest BCUT2D eigenvalue weighted by molar-refractivity contribution is 0.0408. The van der Waals surface area contributed by atoms with Crippen molar-refractivity contribution in [2.24, 2.45) is 5.73 Å². The summed E-state index contributed by atoms with van der Waals surface area (Å²) in [6.07, 6.45) is 1.06. The molecule has 0 unspecified atom stereocenters. The van der Waals surface area contributed by atoms with E-state index in [-0.39, 0.29) is 0 Å². The first-order chi connectivity index (χ1) is 7.86. The van der Waals surface area contributed by atoms with Gasteiger partial charge in [-0.25, -0.2) is 0 Å². The molecule has 16 heavy (non-hydrogen) atoms. The molecule has 0 aliphatic carbocycles. The maximum absolute atomic E-state index is 5.52. The Morgan fingerprint density at radius 1 is 0.938 bits per heavy atom. The Morgan fingerprint density at radius 2 is 1.56 bits per heavy atom. The van der Waals surface area contributed by atoms with E-state index in [2.05, 4.69) is 19.1 Å². The highest BCUT2D eigenvalue weighted by Gasteiger charge is 1.94. The lowest BCUT2D eigenvalue weighted by atomic mass is 10.1. The number of nitrogens with two attached hydrogens (primary N) is 1. The fraction of sp³-hybridized carbons (Fsp3) is 0.538. The van der Waals surface area contributed by atoms with E-state index < -0.39 is 0 Å². The van der Waals surface area contributed by atoms with Crippen molar-refractivity contribution in [2.75, 3.05) is 19.8 Å². The van der Waals surface area contributed by atoms with Gasteiger partial charge in [0.15, 0.2) is 0 Å². The summed E-state index contributed by atoms with van der Waals surface area (Å²) in [6.45, 7) is 5.47. The van der Waals surface area contributed by atoms with Crippen LogP contribution in [0.4, 0.5) is 0 Å². The van der Waals surface area contributed by atoms with Gasteiger partial charge in [-0.1, -0.05) is 31.2 Å². The number of benzene rings is 1. The monoisotopic (exact) mass is 223 g/mol. The summed E-state index contributed by atoms with van der Waals surface area (Å²) in [6, 6.07) is 8.17. The zero-order chi connectivity index (χ0) is 11.6. The molecule has 0 aliphatic heterocycles. The van der Waals surface area contributed by atoms with Gasteiger partial charge in [0.2, 0.25) is 0 Å². The molecule has 0 bridgehead atoms. The molecular formula is C13H21NO2. The normalized spacial score (nSPS) is 10.6. The van der Waals surface area contributed by atoms with E-state index >= 15 is 0 Å². The number of hydrogen-bond acceptors (Lipinski definition) is 3. The number of rotatable bonds is 8. The van der Waals surface area contributed by atoms with Crippen LogP contribution in [-0.2, 0) is 22.6 Å². The molecule has 1 aromatic rings. The summed E-state index contributed by atoms with van der Waals surface area (Å²) in [7, 11) is 0. The van der Waals surface area contributed by atoms with E-state index in [1.807, 2.05) is 12.1 Å². The minimum absolute atomic E-state index is 0.589. The van der Waals surface area contributed by atoms with Crippen LogP contribution in [-0.4, -0.2) is 19.8 Å². The molecule has 0 fully saturated rings. The lowest BCUT2D eigenvalue weighted by Gasteiger charge is -2.05. The average Bonchev–Trinajstić information content (AvgIpc) is 2.34. The second-order valence-corrected chi connectivity index (χ2v) is 3.69. The molecular weight excluding hydrogens is 202 g/mol. The predicted molar refractivity (Wildman–Crippen MR) is 65.1 cm³/mol. The zero-order valence-electron chi connectivity index (χ0n) is 9.95. The van der Waals surface area contributed by atoms with Crippen LogP contribution in [0.5, 0.6) is 0 Å². The maximum Gasteiger partial charge on any atom is 0.0718 e. The highest BCUT2D eigenvalue weighted by atomic mass is 16.5. The third-order valence-electron chi connectivity index (χ3n) is 2.25. The second kappa shape index (κ2) is 8.28. The Kier molecular flexibility index (Phi) is 6.81. The fourth-order valence-corrected chi connectivity index (χ4v) is 1.33. The zero-order valence-corrected chi connectivity index (χ0v) is 9.95. The summed E-state index contributed by atoms with van der Waals surface area (Å²) in [5.74, 6) is 0. The first-order valence-electron chi connectivity index (χ1n) is 5.80. The van der Waals surface area contributed by atoms with Gasteiger partial charge in [0.05, 0.1) is 19.8 Å². The van der Waals surface area contributed by atoms with Gasteiger partial charge in [0.25, 0.3) is 0 Å². The molecule has 0 radical (unpaired) electrons. The second-order valence-electron chi connectivity index (χ2n) is 3.69. The molecule has 1 rings (SSSR count). The van der Waals surface area contributed by atoms with E-state index in [4.69, 9.17) is 15.2 Å². The van der Waals surface area contributed by atoms with Crippen molar-refractivity contribution < 1.29 is 9.47 Å². The standard InChI is InChI=1S/C13H21NO2/c1-2-7-15-8-9-16-11-13-5-3-12(10-14)4-6-13/h3-6H,2,7-11,14H2,1H3. The molecule has 3 nitrogen and oxygen atoms in total. The van der Waals surface area contributed by atoms with Crippen LogP contribution >= 0.6 is 0 Å². The van der Waals surface area contributed by atoms with Crippen LogP contribution < -0.4 is 5.73 Å². The molecule has 0 aromatic heterocycles. The van der Waals surface area contributed by atoms with Gasteiger partial charge in [-0.15, -0.1) is 0 Å². The van der Waals surface area contributed by atoms with Gasteiger partial charge in [-0.2, -0.15) is 0 Å². The van der Waals surface area contributed by atoms with Gasteiger partial charge in [-0.05, 0) is 17.5 Å². The van der Waals surface area contributed by atoms with Crippen LogP contribution in [0.15, 0.2) is 24.3 Å². The summed E-state index contributed by atoms with van der Waals surface area (Å²) < 4.78 is 10.8. The van der Waals surface area contributed by atoms with Crippen LogP contribution in [0.1, 0.15) is 24.5 Å². The van der Waals surface area contributed by atoms with E-state index in [9.17, 15) is 0 Å². The van der Waals surface area contributed by atoms with E-state index in [1.165, 1.54) is 5.56 Å². The highest BCUT2D eigenvalue weighted by molar-refractivity contribution is 5.21. The fourth-order valence-electron chi connectivity index (χ4n) is 1.33. The largest absolute Gasteiger partial charge is 0.379 e. The molecule has 90 valence electrons. The average molecular weight is 223 g/mol. The van der Waals surface area contributed by atoms with Crippen molar-refractivity contribution in [3.63, 3.8) is 0 Å². The highest BCUT2D eigenvalue weighted by Crippen LogP contribution is 2.04. The summed E-state index contributed by atoms with van der Waals surface area (Å²) >= 11 is 0. The lowest BCUT2D eigenvalue weighted by Crippen LogP contribution is -2.05. The van der Waals surface area contributed by atoms with Crippen LogP contribution in [0.2, 0.25) is 0 Å². The minimum Gasteiger partial charge on any atom is -0.379 e. The first-order valence-corrected chi connectivity index (χ1v) is 5.80. The Hall–Kier alpha value is -0.900. The first kappa shape index (κ1) is 13.2. The Morgan fingerprint density at radius 3 is 2.19 bits per heavy atom. The number of hydrogen-bond donors (Lipinski definition) is 1. The van der Waals surface area contributed by atoms with E-state index in [1.54, 1.807) is 0 Å².